The lowest BCUT2D eigenvalue weighted by molar-refractivity contribution is -0.132. The molecule has 0 aliphatic heterocycles. The Labute approximate surface area is 210 Å². The number of hydrogen-bond donors (Lipinski definition) is 1. The Kier molecular flexibility index (Phi) is 6.85. The molecule has 0 fully saturated rings. The zero-order valence-corrected chi connectivity index (χ0v) is 21.4. The van der Waals surface area contributed by atoms with Gasteiger partial charge in [0.2, 0.25) is 0 Å². The number of aromatic nitrogens is 2. The third-order valence-electron chi connectivity index (χ3n) is 6.42. The minimum absolute atomic E-state index is 0.309. The van der Waals surface area contributed by atoms with Gasteiger partial charge in [-0.2, -0.15) is 5.10 Å². The summed E-state index contributed by atoms with van der Waals surface area (Å²) in [7, 11) is 0. The highest BCUT2D eigenvalue weighted by Crippen LogP contribution is 2.32. The number of nitrogens with zero attached hydrogens (tertiary/aromatic N) is 2. The maximum Gasteiger partial charge on any atom is 0.257 e. The number of benzene rings is 3. The van der Waals surface area contributed by atoms with Gasteiger partial charge in [0.25, 0.3) is 5.91 Å². The second-order valence-corrected chi connectivity index (χ2v) is 9.82. The van der Waals surface area contributed by atoms with Gasteiger partial charge in [-0.15, -0.1) is 0 Å². The van der Waals surface area contributed by atoms with Gasteiger partial charge in [-0.1, -0.05) is 12.1 Å². The van der Waals surface area contributed by atoms with Gasteiger partial charge in [0.05, 0.1) is 23.4 Å². The lowest BCUT2D eigenvalue weighted by atomic mass is 9.93. The Balaban J connectivity index is 1.69. The SMILES string of the molecule is Cc1cc(C)c([C@@H](Oc2ccc3c(cnn3-c3ccc(F)cc3)c2)[C@H](C)NC(=O)C(C)(C)F)cc1C. The summed E-state index contributed by atoms with van der Waals surface area (Å²) in [5.74, 6) is -0.415. The van der Waals surface area contributed by atoms with Gasteiger partial charge in [0.1, 0.15) is 17.7 Å². The number of nitrogens with one attached hydrogen (secondary N) is 1. The molecule has 2 atom stereocenters. The quantitative estimate of drug-likeness (QED) is 0.323. The van der Waals surface area contributed by atoms with Crippen molar-refractivity contribution in [1.29, 1.82) is 0 Å². The van der Waals surface area contributed by atoms with E-state index in [1.165, 1.54) is 26.0 Å². The van der Waals surface area contributed by atoms with Gasteiger partial charge < -0.3 is 10.1 Å². The number of aryl methyl sites for hydroxylation is 3. The third-order valence-corrected chi connectivity index (χ3v) is 6.42. The summed E-state index contributed by atoms with van der Waals surface area (Å²) in [6, 6.07) is 15.4. The van der Waals surface area contributed by atoms with Crippen LogP contribution in [0.15, 0.2) is 60.8 Å². The smallest absolute Gasteiger partial charge is 0.257 e. The summed E-state index contributed by atoms with van der Waals surface area (Å²) >= 11 is 0. The normalized spacial score (nSPS) is 13.4. The summed E-state index contributed by atoms with van der Waals surface area (Å²) in [6.45, 7) is 10.4. The molecule has 0 unspecified atom stereocenters. The number of hydrogen-bond acceptors (Lipinski definition) is 3. The van der Waals surface area contributed by atoms with Gasteiger partial charge in [0, 0.05) is 5.39 Å². The number of carbonyl (C=O) groups excluding carboxylic acids is 1. The molecule has 1 N–H and O–H groups in total. The molecular weight excluding hydrogens is 460 g/mol. The van der Waals surface area contributed by atoms with E-state index in [4.69, 9.17) is 4.74 Å². The van der Waals surface area contributed by atoms with E-state index in [-0.39, 0.29) is 5.82 Å². The first-order valence-electron chi connectivity index (χ1n) is 11.9. The zero-order valence-electron chi connectivity index (χ0n) is 21.4. The molecule has 1 heterocycles. The average Bonchev–Trinajstić information content (AvgIpc) is 3.23. The van der Waals surface area contributed by atoms with Gasteiger partial charge in [0.15, 0.2) is 5.67 Å². The molecule has 5 nitrogen and oxygen atoms in total. The van der Waals surface area contributed by atoms with Crippen LogP contribution in [-0.4, -0.2) is 27.4 Å². The lowest BCUT2D eigenvalue weighted by Crippen LogP contribution is -2.46. The summed E-state index contributed by atoms with van der Waals surface area (Å²) < 4.78 is 35.8. The van der Waals surface area contributed by atoms with Crippen LogP contribution in [0.2, 0.25) is 0 Å². The number of fused-ring (bicyclic) bond motifs is 1. The van der Waals surface area contributed by atoms with Crippen LogP contribution in [0.3, 0.4) is 0 Å². The van der Waals surface area contributed by atoms with Crippen molar-refractivity contribution in [3.05, 3.63) is 88.9 Å². The Morgan fingerprint density at radius 2 is 1.67 bits per heavy atom. The van der Waals surface area contributed by atoms with E-state index in [0.29, 0.717) is 5.75 Å². The summed E-state index contributed by atoms with van der Waals surface area (Å²) in [5.41, 5.74) is 3.78. The van der Waals surface area contributed by atoms with Gasteiger partial charge in [-0.05, 0) is 106 Å². The van der Waals surface area contributed by atoms with Crippen molar-refractivity contribution in [2.24, 2.45) is 0 Å². The molecule has 3 aromatic carbocycles. The number of alkyl halides is 1. The van der Waals surface area contributed by atoms with Gasteiger partial charge >= 0.3 is 0 Å². The van der Waals surface area contributed by atoms with Crippen LogP contribution in [0.5, 0.6) is 5.75 Å². The van der Waals surface area contributed by atoms with Crippen LogP contribution in [0.25, 0.3) is 16.6 Å². The summed E-state index contributed by atoms with van der Waals surface area (Å²) in [6.07, 6.45) is 1.17. The largest absolute Gasteiger partial charge is 0.484 e. The third kappa shape index (κ3) is 5.25. The Bertz CT molecular complexity index is 1400. The maximum atomic E-state index is 14.3. The molecular formula is C29H31F2N3O2. The lowest BCUT2D eigenvalue weighted by Gasteiger charge is -2.29. The van der Waals surface area contributed by atoms with Crippen molar-refractivity contribution < 1.29 is 18.3 Å². The fraction of sp³-hybridized carbons (Fsp3) is 0.310. The van der Waals surface area contributed by atoms with E-state index in [9.17, 15) is 13.6 Å². The Morgan fingerprint density at radius 3 is 2.33 bits per heavy atom. The standard InChI is InChI=1S/C29H31F2N3O2/c1-17-13-19(3)25(14-18(17)2)27(20(4)33-28(35)29(5,6)31)36-24-11-12-26-21(15-24)16-32-34(26)23-9-7-22(30)8-10-23/h7-16,20,27H,1-6H3,(H,33,35)/t20-,27-/m0/s1. The molecule has 0 saturated heterocycles. The highest BCUT2D eigenvalue weighted by Gasteiger charge is 2.32. The molecule has 0 bridgehead atoms. The molecule has 1 amide bonds. The molecule has 1 aromatic heterocycles. The van der Waals surface area contributed by atoms with Crippen LogP contribution in [-0.2, 0) is 4.79 Å². The second-order valence-electron chi connectivity index (χ2n) is 9.82. The molecule has 0 aliphatic carbocycles. The fourth-order valence-electron chi connectivity index (χ4n) is 4.20. The van der Waals surface area contributed by atoms with Crippen LogP contribution < -0.4 is 10.1 Å². The highest BCUT2D eigenvalue weighted by atomic mass is 19.1. The van der Waals surface area contributed by atoms with Crippen molar-refractivity contribution >= 4 is 16.8 Å². The van der Waals surface area contributed by atoms with Crippen LogP contribution in [0.4, 0.5) is 8.78 Å². The maximum absolute atomic E-state index is 14.3. The van der Waals surface area contributed by atoms with Crippen molar-refractivity contribution in [3.8, 4) is 11.4 Å². The first-order valence-corrected chi connectivity index (χ1v) is 11.9. The number of carbonyl (C=O) groups is 1. The molecule has 0 radical (unpaired) electrons. The predicted molar refractivity (Wildman–Crippen MR) is 138 cm³/mol. The molecule has 4 rings (SSSR count). The van der Waals surface area contributed by atoms with Crippen LogP contribution >= 0.6 is 0 Å². The van der Waals surface area contributed by atoms with E-state index in [0.717, 1.165) is 38.8 Å². The highest BCUT2D eigenvalue weighted by molar-refractivity contribution is 5.84. The molecule has 7 heteroatoms. The summed E-state index contributed by atoms with van der Waals surface area (Å²) in [4.78, 5) is 12.4. The predicted octanol–water partition coefficient (Wildman–Crippen LogP) is 6.46. The number of ether oxygens (including phenoxy) is 1. The Morgan fingerprint density at radius 1 is 1.00 bits per heavy atom. The Hall–Kier alpha value is -3.74. The van der Waals surface area contributed by atoms with Crippen molar-refractivity contribution in [2.75, 3.05) is 0 Å². The molecule has 0 spiro atoms. The fourth-order valence-corrected chi connectivity index (χ4v) is 4.20. The zero-order chi connectivity index (χ0) is 26.2. The second kappa shape index (κ2) is 9.72. The van der Waals surface area contributed by atoms with E-state index >= 15 is 0 Å². The van der Waals surface area contributed by atoms with Gasteiger partial charge in [-0.25, -0.2) is 13.5 Å². The van der Waals surface area contributed by atoms with E-state index in [1.54, 1.807) is 23.0 Å². The topological polar surface area (TPSA) is 56.1 Å². The first-order chi connectivity index (χ1) is 16.9. The molecule has 188 valence electrons. The minimum Gasteiger partial charge on any atom is -0.484 e. The van der Waals surface area contributed by atoms with E-state index < -0.39 is 23.7 Å². The molecule has 0 aliphatic rings. The average molecular weight is 492 g/mol. The van der Waals surface area contributed by atoms with E-state index in [1.807, 2.05) is 45.9 Å². The first kappa shape index (κ1) is 25.4. The van der Waals surface area contributed by atoms with Crippen molar-refractivity contribution in [3.63, 3.8) is 0 Å². The van der Waals surface area contributed by atoms with Crippen molar-refractivity contribution in [1.82, 2.24) is 15.1 Å². The molecule has 0 saturated carbocycles. The van der Waals surface area contributed by atoms with Crippen LogP contribution in [0.1, 0.15) is 49.1 Å². The number of rotatable bonds is 7. The number of halogens is 2. The van der Waals surface area contributed by atoms with Gasteiger partial charge in [-0.3, -0.25) is 4.79 Å². The molecule has 36 heavy (non-hydrogen) atoms. The summed E-state index contributed by atoms with van der Waals surface area (Å²) in [5, 5.41) is 8.07. The minimum atomic E-state index is -2.01. The number of amides is 1. The molecule has 4 aromatic rings. The van der Waals surface area contributed by atoms with E-state index in [2.05, 4.69) is 22.5 Å². The van der Waals surface area contributed by atoms with Crippen LogP contribution in [0, 0.1) is 26.6 Å². The van der Waals surface area contributed by atoms with Crippen molar-refractivity contribution in [2.45, 2.75) is 59.4 Å². The monoisotopic (exact) mass is 491 g/mol.